The highest BCUT2D eigenvalue weighted by Crippen LogP contribution is 2.71. The van der Waals surface area contributed by atoms with E-state index in [0.29, 0.717) is 40.6 Å². The molecule has 2 saturated heterocycles. The minimum atomic E-state index is -0.942. The Labute approximate surface area is 222 Å². The fraction of sp³-hybridized carbons (Fsp3) is 0.935. The molecule has 6 nitrogen and oxygen atoms in total. The SMILES string of the molecule is CC1CCC2(OC1)OC1CC3C4CCC5CC(OC(=O)CCC(=O)O)CCC5(C)C4CCC3(C)C1C2C. The molecule has 6 heteroatoms. The summed E-state index contributed by atoms with van der Waals surface area (Å²) in [6, 6.07) is 0. The lowest BCUT2D eigenvalue weighted by molar-refractivity contribution is -0.273. The van der Waals surface area contributed by atoms with E-state index in [9.17, 15) is 9.59 Å². The van der Waals surface area contributed by atoms with E-state index in [1.165, 1.54) is 38.5 Å². The zero-order valence-corrected chi connectivity index (χ0v) is 23.4. The van der Waals surface area contributed by atoms with Crippen molar-refractivity contribution in [2.75, 3.05) is 6.61 Å². The molecule has 0 amide bonds. The Morgan fingerprint density at radius 2 is 1.70 bits per heavy atom. The number of aliphatic carboxylic acids is 1. The zero-order chi connectivity index (χ0) is 26.2. The number of esters is 1. The lowest BCUT2D eigenvalue weighted by Crippen LogP contribution is -2.55. The highest BCUT2D eigenvalue weighted by molar-refractivity contribution is 5.76. The van der Waals surface area contributed by atoms with Crippen LogP contribution in [0, 0.1) is 52.3 Å². The van der Waals surface area contributed by atoms with Gasteiger partial charge in [0.25, 0.3) is 0 Å². The van der Waals surface area contributed by atoms with Gasteiger partial charge in [-0.05, 0) is 104 Å². The second-order valence-electron chi connectivity index (χ2n) is 14.5. The second-order valence-corrected chi connectivity index (χ2v) is 14.5. The van der Waals surface area contributed by atoms with Gasteiger partial charge in [-0.1, -0.05) is 27.7 Å². The third-order valence-corrected chi connectivity index (χ3v) is 12.7. The van der Waals surface area contributed by atoms with Crippen molar-refractivity contribution in [3.63, 3.8) is 0 Å². The maximum Gasteiger partial charge on any atom is 0.306 e. The molecule has 0 aromatic rings. The first kappa shape index (κ1) is 26.1. The molecule has 4 aliphatic carbocycles. The molecule has 208 valence electrons. The molecule has 0 radical (unpaired) electrons. The monoisotopic (exact) mass is 516 g/mol. The molecule has 0 bridgehead atoms. The van der Waals surface area contributed by atoms with Gasteiger partial charge in [-0.25, -0.2) is 0 Å². The van der Waals surface area contributed by atoms with Crippen molar-refractivity contribution in [3.05, 3.63) is 0 Å². The predicted molar refractivity (Wildman–Crippen MR) is 138 cm³/mol. The average molecular weight is 517 g/mol. The summed E-state index contributed by atoms with van der Waals surface area (Å²) in [6.07, 6.45) is 11.7. The quantitative estimate of drug-likeness (QED) is 0.448. The van der Waals surface area contributed by atoms with Crippen LogP contribution in [0.1, 0.15) is 105 Å². The number of hydrogen-bond donors (Lipinski definition) is 1. The van der Waals surface area contributed by atoms with Crippen molar-refractivity contribution >= 4 is 11.9 Å². The van der Waals surface area contributed by atoms with Gasteiger partial charge >= 0.3 is 11.9 Å². The largest absolute Gasteiger partial charge is 0.481 e. The third kappa shape index (κ3) is 4.10. The number of carboxylic acid groups (broad SMARTS) is 1. The van der Waals surface area contributed by atoms with E-state index < -0.39 is 5.97 Å². The molecule has 1 spiro atoms. The molecule has 1 N–H and O–H groups in total. The highest BCUT2D eigenvalue weighted by Gasteiger charge is 2.69. The Bertz CT molecular complexity index is 909. The summed E-state index contributed by atoms with van der Waals surface area (Å²) >= 11 is 0. The molecule has 2 heterocycles. The Hall–Kier alpha value is -1.14. The molecule has 0 aromatic carbocycles. The number of carbonyl (C=O) groups is 2. The Morgan fingerprint density at radius 3 is 2.43 bits per heavy atom. The second kappa shape index (κ2) is 9.21. The molecule has 6 aliphatic rings. The zero-order valence-electron chi connectivity index (χ0n) is 23.4. The molecule has 2 aliphatic heterocycles. The van der Waals surface area contributed by atoms with Crippen molar-refractivity contribution in [2.45, 2.75) is 123 Å². The molecule has 0 aromatic heterocycles. The van der Waals surface area contributed by atoms with Crippen LogP contribution < -0.4 is 0 Å². The first-order valence-electron chi connectivity index (χ1n) is 15.3. The van der Waals surface area contributed by atoms with Crippen molar-refractivity contribution in [3.8, 4) is 0 Å². The van der Waals surface area contributed by atoms with Crippen LogP contribution in [-0.4, -0.2) is 41.6 Å². The number of carbonyl (C=O) groups excluding carboxylic acids is 1. The highest BCUT2D eigenvalue weighted by atomic mass is 16.7. The van der Waals surface area contributed by atoms with Crippen LogP contribution in [0.25, 0.3) is 0 Å². The van der Waals surface area contributed by atoms with E-state index in [0.717, 1.165) is 50.0 Å². The van der Waals surface area contributed by atoms with Crippen molar-refractivity contribution in [1.82, 2.24) is 0 Å². The van der Waals surface area contributed by atoms with Gasteiger partial charge in [-0.3, -0.25) is 9.59 Å². The van der Waals surface area contributed by atoms with Gasteiger partial charge in [0.15, 0.2) is 5.79 Å². The first-order chi connectivity index (χ1) is 17.6. The van der Waals surface area contributed by atoms with Gasteiger partial charge < -0.3 is 19.3 Å². The maximum absolute atomic E-state index is 12.2. The van der Waals surface area contributed by atoms with E-state index in [1.807, 2.05) is 0 Å². The number of fused-ring (bicyclic) bond motifs is 7. The van der Waals surface area contributed by atoms with Crippen LogP contribution in [0.5, 0.6) is 0 Å². The number of hydrogen-bond acceptors (Lipinski definition) is 5. The fourth-order valence-corrected chi connectivity index (χ4v) is 10.8. The van der Waals surface area contributed by atoms with E-state index in [-0.39, 0.29) is 30.7 Å². The van der Waals surface area contributed by atoms with Crippen LogP contribution in [-0.2, 0) is 23.8 Å². The summed E-state index contributed by atoms with van der Waals surface area (Å²) in [5, 5.41) is 8.87. The van der Waals surface area contributed by atoms with Crippen LogP contribution in [0.2, 0.25) is 0 Å². The molecule has 12 atom stereocenters. The van der Waals surface area contributed by atoms with Gasteiger partial charge in [-0.2, -0.15) is 0 Å². The van der Waals surface area contributed by atoms with Gasteiger partial charge in [-0.15, -0.1) is 0 Å². The number of ether oxygens (including phenoxy) is 3. The van der Waals surface area contributed by atoms with Crippen molar-refractivity contribution in [1.29, 1.82) is 0 Å². The molecule has 6 fully saturated rings. The standard InChI is InChI=1S/C31H48O6/c1-18-9-14-31(35-17-18)19(2)28-25(37-31)16-24-22-6-5-20-15-21(36-27(34)8-7-26(32)33)10-12-29(20,3)23(22)11-13-30(24,28)4/h18-25,28H,5-17H2,1-4H3,(H,32,33). The van der Waals surface area contributed by atoms with E-state index in [1.54, 1.807) is 0 Å². The van der Waals surface area contributed by atoms with E-state index in [4.69, 9.17) is 19.3 Å². The topological polar surface area (TPSA) is 82.1 Å². The van der Waals surface area contributed by atoms with Crippen molar-refractivity contribution < 1.29 is 28.9 Å². The summed E-state index contributed by atoms with van der Waals surface area (Å²) in [6.45, 7) is 10.7. The minimum absolute atomic E-state index is 0.0209. The summed E-state index contributed by atoms with van der Waals surface area (Å²) in [5.74, 6) is 2.96. The van der Waals surface area contributed by atoms with E-state index >= 15 is 0 Å². The minimum Gasteiger partial charge on any atom is -0.481 e. The smallest absolute Gasteiger partial charge is 0.306 e. The Balaban J connectivity index is 1.13. The average Bonchev–Trinajstić information content (AvgIpc) is 3.30. The van der Waals surface area contributed by atoms with Crippen molar-refractivity contribution in [2.24, 2.45) is 52.3 Å². The summed E-state index contributed by atoms with van der Waals surface area (Å²) in [5.41, 5.74) is 0.670. The summed E-state index contributed by atoms with van der Waals surface area (Å²) in [4.78, 5) is 23.0. The number of rotatable bonds is 4. The predicted octanol–water partition coefficient (Wildman–Crippen LogP) is 6.21. The number of carboxylic acids is 1. The molecular weight excluding hydrogens is 468 g/mol. The molecule has 37 heavy (non-hydrogen) atoms. The third-order valence-electron chi connectivity index (χ3n) is 12.7. The Morgan fingerprint density at radius 1 is 0.919 bits per heavy atom. The normalized spacial score (nSPS) is 52.6. The maximum atomic E-state index is 12.2. The van der Waals surface area contributed by atoms with Crippen LogP contribution in [0.15, 0.2) is 0 Å². The van der Waals surface area contributed by atoms with E-state index in [2.05, 4.69) is 27.7 Å². The fourth-order valence-electron chi connectivity index (χ4n) is 10.8. The van der Waals surface area contributed by atoms with Gasteiger partial charge in [0.2, 0.25) is 0 Å². The molecular formula is C31H48O6. The lowest BCUT2D eigenvalue weighted by atomic mass is 9.44. The summed E-state index contributed by atoms with van der Waals surface area (Å²) < 4.78 is 19.2. The van der Waals surface area contributed by atoms with Crippen LogP contribution in [0.3, 0.4) is 0 Å². The van der Waals surface area contributed by atoms with Crippen LogP contribution in [0.4, 0.5) is 0 Å². The molecule has 6 rings (SSSR count). The van der Waals surface area contributed by atoms with Gasteiger partial charge in [0.1, 0.15) is 6.10 Å². The summed E-state index contributed by atoms with van der Waals surface area (Å²) in [7, 11) is 0. The first-order valence-corrected chi connectivity index (χ1v) is 15.3. The van der Waals surface area contributed by atoms with Gasteiger partial charge in [0.05, 0.1) is 25.6 Å². The molecule has 4 saturated carbocycles. The van der Waals surface area contributed by atoms with Crippen LogP contribution >= 0.6 is 0 Å². The molecule has 12 unspecified atom stereocenters. The van der Waals surface area contributed by atoms with Gasteiger partial charge in [0, 0.05) is 12.3 Å². The lowest BCUT2D eigenvalue weighted by Gasteiger charge is -2.61. The Kier molecular flexibility index (Phi) is 6.50.